The molecule has 130 valence electrons. The van der Waals surface area contributed by atoms with Crippen molar-refractivity contribution in [3.8, 4) is 33.3 Å². The summed E-state index contributed by atoms with van der Waals surface area (Å²) in [7, 11) is 0. The minimum absolute atomic E-state index is 0.281. The van der Waals surface area contributed by atoms with Crippen molar-refractivity contribution in [3.05, 3.63) is 39.9 Å². The van der Waals surface area contributed by atoms with E-state index < -0.39 is 5.97 Å². The molecule has 2 heterocycles. The van der Waals surface area contributed by atoms with Gasteiger partial charge in [-0.2, -0.15) is 11.3 Å². The van der Waals surface area contributed by atoms with Gasteiger partial charge in [0, 0.05) is 27.3 Å². The lowest BCUT2D eigenvalue weighted by atomic mass is 10.1. The molecule has 0 bridgehead atoms. The number of hydrogen-bond donors (Lipinski definition) is 1. The zero-order chi connectivity index (χ0) is 17.8. The van der Waals surface area contributed by atoms with Crippen LogP contribution in [0.1, 0.15) is 24.2 Å². The van der Waals surface area contributed by atoms with Crippen molar-refractivity contribution in [1.29, 1.82) is 0 Å². The molecule has 1 aromatic carbocycles. The van der Waals surface area contributed by atoms with Gasteiger partial charge in [0.05, 0.1) is 24.5 Å². The van der Waals surface area contributed by atoms with Crippen molar-refractivity contribution in [3.63, 3.8) is 0 Å². The van der Waals surface area contributed by atoms with Crippen LogP contribution in [0.25, 0.3) is 21.8 Å². The van der Waals surface area contributed by atoms with Crippen LogP contribution in [0.2, 0.25) is 0 Å². The lowest BCUT2D eigenvalue weighted by Gasteiger charge is -2.11. The third-order valence-corrected chi connectivity index (χ3v) is 5.10. The summed E-state index contributed by atoms with van der Waals surface area (Å²) in [6, 6.07) is 5.71. The van der Waals surface area contributed by atoms with Gasteiger partial charge in [-0.15, -0.1) is 11.3 Å². The maximum absolute atomic E-state index is 11.3. The number of thiophene rings is 1. The van der Waals surface area contributed by atoms with Gasteiger partial charge in [0.15, 0.2) is 11.5 Å². The van der Waals surface area contributed by atoms with E-state index in [0.717, 1.165) is 10.6 Å². The van der Waals surface area contributed by atoms with E-state index >= 15 is 0 Å². The maximum atomic E-state index is 11.3. The second-order valence-electron chi connectivity index (χ2n) is 5.07. The Kier molecular flexibility index (Phi) is 5.35. The molecule has 1 N–H and O–H groups in total. The van der Waals surface area contributed by atoms with Gasteiger partial charge in [-0.1, -0.05) is 0 Å². The molecule has 3 rings (SSSR count). The molecule has 3 aromatic rings. The fraction of sp³-hybridized carbons (Fsp3) is 0.222. The zero-order valence-corrected chi connectivity index (χ0v) is 15.4. The Labute approximate surface area is 153 Å². The second-order valence-corrected chi connectivity index (χ2v) is 6.67. The van der Waals surface area contributed by atoms with Crippen molar-refractivity contribution < 1.29 is 19.4 Å². The Morgan fingerprint density at radius 1 is 1.12 bits per heavy atom. The number of rotatable bonds is 7. The van der Waals surface area contributed by atoms with Gasteiger partial charge in [0.1, 0.15) is 5.01 Å². The molecule has 5 nitrogen and oxygen atoms in total. The summed E-state index contributed by atoms with van der Waals surface area (Å²) in [5.41, 5.74) is 2.51. The van der Waals surface area contributed by atoms with Crippen molar-refractivity contribution in [2.75, 3.05) is 13.2 Å². The Morgan fingerprint density at radius 3 is 2.60 bits per heavy atom. The third kappa shape index (κ3) is 3.67. The Balaban J connectivity index is 1.95. The summed E-state index contributed by atoms with van der Waals surface area (Å²) in [5, 5.41) is 15.4. The number of carbonyl (C=O) groups is 1. The molecule has 0 fully saturated rings. The van der Waals surface area contributed by atoms with Crippen LogP contribution in [0.3, 0.4) is 0 Å². The predicted molar refractivity (Wildman–Crippen MR) is 100 cm³/mol. The summed E-state index contributed by atoms with van der Waals surface area (Å²) in [4.78, 5) is 15.9. The number of carboxylic acid groups (broad SMARTS) is 1. The number of thiazole rings is 1. The predicted octanol–water partition coefficient (Wildman–Crippen LogP) is 5.03. The summed E-state index contributed by atoms with van der Waals surface area (Å²) < 4.78 is 11.2. The highest BCUT2D eigenvalue weighted by atomic mass is 32.1. The molecule has 0 unspecified atom stereocenters. The number of ether oxygens (including phenoxy) is 2. The van der Waals surface area contributed by atoms with Crippen LogP contribution in [0, 0.1) is 0 Å². The number of aromatic carboxylic acids is 1. The van der Waals surface area contributed by atoms with Crippen molar-refractivity contribution in [2.45, 2.75) is 13.8 Å². The largest absolute Gasteiger partial charge is 0.490 e. The van der Waals surface area contributed by atoms with Crippen LogP contribution in [0.15, 0.2) is 34.3 Å². The van der Waals surface area contributed by atoms with Gasteiger partial charge in [-0.3, -0.25) is 0 Å². The molecular formula is C18H17NO4S2. The number of carboxylic acids is 1. The van der Waals surface area contributed by atoms with Gasteiger partial charge in [-0.25, -0.2) is 9.78 Å². The third-order valence-electron chi connectivity index (χ3n) is 3.46. The van der Waals surface area contributed by atoms with E-state index in [9.17, 15) is 9.90 Å². The fourth-order valence-corrected chi connectivity index (χ4v) is 4.01. The first-order valence-electron chi connectivity index (χ1n) is 7.79. The smallest absolute Gasteiger partial charge is 0.337 e. The van der Waals surface area contributed by atoms with Gasteiger partial charge < -0.3 is 14.6 Å². The van der Waals surface area contributed by atoms with Crippen LogP contribution in [-0.2, 0) is 0 Å². The minimum Gasteiger partial charge on any atom is -0.490 e. The molecule has 25 heavy (non-hydrogen) atoms. The van der Waals surface area contributed by atoms with Crippen molar-refractivity contribution in [2.24, 2.45) is 0 Å². The highest BCUT2D eigenvalue weighted by molar-refractivity contribution is 7.13. The first-order valence-corrected chi connectivity index (χ1v) is 9.61. The molecule has 0 saturated heterocycles. The Morgan fingerprint density at radius 2 is 1.88 bits per heavy atom. The molecule has 7 heteroatoms. The second kappa shape index (κ2) is 7.67. The van der Waals surface area contributed by atoms with Crippen LogP contribution in [-0.4, -0.2) is 29.3 Å². The quantitative estimate of drug-likeness (QED) is 0.627. The molecule has 0 aliphatic heterocycles. The topological polar surface area (TPSA) is 68.7 Å². The maximum Gasteiger partial charge on any atom is 0.337 e. The molecule has 0 atom stereocenters. The van der Waals surface area contributed by atoms with E-state index in [1.807, 2.05) is 42.8 Å². The molecule has 0 aliphatic carbocycles. The minimum atomic E-state index is -0.939. The SMILES string of the molecule is CCOc1ccc(-c2nc(-c3cscc3C(=O)O)cs2)cc1OCC. The van der Waals surface area contributed by atoms with Gasteiger partial charge >= 0.3 is 5.97 Å². The van der Waals surface area contributed by atoms with Gasteiger partial charge in [-0.05, 0) is 32.0 Å². The number of nitrogens with zero attached hydrogens (tertiary/aromatic N) is 1. The summed E-state index contributed by atoms with van der Waals surface area (Å²) >= 11 is 2.83. The summed E-state index contributed by atoms with van der Waals surface area (Å²) in [6.45, 7) is 4.96. The van der Waals surface area contributed by atoms with Crippen LogP contribution in [0.4, 0.5) is 0 Å². The van der Waals surface area contributed by atoms with Gasteiger partial charge in [0.25, 0.3) is 0 Å². The normalized spacial score (nSPS) is 10.6. The lowest BCUT2D eigenvalue weighted by molar-refractivity contribution is 0.0698. The molecule has 0 amide bonds. The molecule has 0 spiro atoms. The van der Waals surface area contributed by atoms with Crippen molar-refractivity contribution >= 4 is 28.6 Å². The van der Waals surface area contributed by atoms with E-state index in [4.69, 9.17) is 9.47 Å². The lowest BCUT2D eigenvalue weighted by Crippen LogP contribution is -1.98. The Hall–Kier alpha value is -2.38. The van der Waals surface area contributed by atoms with E-state index in [0.29, 0.717) is 36.0 Å². The highest BCUT2D eigenvalue weighted by Crippen LogP contribution is 2.36. The fourth-order valence-electron chi connectivity index (χ4n) is 2.38. The monoisotopic (exact) mass is 375 g/mol. The first-order chi connectivity index (χ1) is 12.1. The zero-order valence-electron chi connectivity index (χ0n) is 13.8. The van der Waals surface area contributed by atoms with Crippen LogP contribution >= 0.6 is 22.7 Å². The van der Waals surface area contributed by atoms with E-state index in [2.05, 4.69) is 4.98 Å². The highest BCUT2D eigenvalue weighted by Gasteiger charge is 2.16. The first kappa shape index (κ1) is 17.4. The average molecular weight is 375 g/mol. The van der Waals surface area contributed by atoms with E-state index in [1.165, 1.54) is 22.7 Å². The molecule has 0 aliphatic rings. The average Bonchev–Trinajstić information content (AvgIpc) is 3.25. The molecule has 2 aromatic heterocycles. The Bertz CT molecular complexity index is 885. The van der Waals surface area contributed by atoms with Crippen LogP contribution < -0.4 is 9.47 Å². The molecule has 0 saturated carbocycles. The van der Waals surface area contributed by atoms with E-state index in [1.54, 1.807) is 5.38 Å². The van der Waals surface area contributed by atoms with Crippen molar-refractivity contribution in [1.82, 2.24) is 4.98 Å². The van der Waals surface area contributed by atoms with Gasteiger partial charge in [0.2, 0.25) is 0 Å². The summed E-state index contributed by atoms with van der Waals surface area (Å²) in [5.74, 6) is 0.446. The standard InChI is InChI=1S/C18H17NO4S2/c1-3-22-15-6-5-11(7-16(15)23-4-2)17-19-14(10-25-17)12-8-24-9-13(12)18(20)21/h5-10H,3-4H2,1-2H3,(H,20,21). The summed E-state index contributed by atoms with van der Waals surface area (Å²) in [6.07, 6.45) is 0. The number of hydrogen-bond acceptors (Lipinski definition) is 6. The molecule has 0 radical (unpaired) electrons. The number of benzene rings is 1. The van der Waals surface area contributed by atoms with Crippen LogP contribution in [0.5, 0.6) is 11.5 Å². The molecular weight excluding hydrogens is 358 g/mol. The van der Waals surface area contributed by atoms with E-state index in [-0.39, 0.29) is 5.56 Å². The number of aromatic nitrogens is 1.